The van der Waals surface area contributed by atoms with E-state index in [2.05, 4.69) is 9.80 Å². The molecule has 0 amide bonds. The topological polar surface area (TPSA) is 40.6 Å². The molecule has 0 spiro atoms. The number of anilines is 2. The number of para-hydroxylation sites is 1. The van der Waals surface area contributed by atoms with Gasteiger partial charge in [0.15, 0.2) is 0 Å². The van der Waals surface area contributed by atoms with Crippen LogP contribution in [0.4, 0.5) is 11.4 Å². The molecular formula is C17H20Cl2N2O2S. The maximum atomic E-state index is 12.9. The number of hydrogen-bond acceptors (Lipinski definition) is 4. The van der Waals surface area contributed by atoms with Crippen LogP contribution in [0, 0.1) is 0 Å². The number of benzene rings is 2. The standard InChI is InChI=1S/C17H19ClN2O2S.ClH/c1-19(2)10-5-11-20-14-6-3-4-7-16(14)23(21,22)17-9-8-13(18)12-15(17)20;/h3-4,6-9,12H,5,10-11H2,1-2H3;1H. The Labute approximate surface area is 154 Å². The van der Waals surface area contributed by atoms with E-state index in [1.165, 1.54) is 0 Å². The van der Waals surface area contributed by atoms with Crippen molar-refractivity contribution >= 4 is 45.2 Å². The first-order valence-electron chi connectivity index (χ1n) is 7.47. The van der Waals surface area contributed by atoms with Crippen molar-refractivity contribution < 1.29 is 8.42 Å². The Balaban J connectivity index is 0.00000208. The normalized spacial score (nSPS) is 14.8. The van der Waals surface area contributed by atoms with Crippen molar-refractivity contribution in [2.75, 3.05) is 32.1 Å². The fourth-order valence-electron chi connectivity index (χ4n) is 2.87. The highest BCUT2D eigenvalue weighted by Gasteiger charge is 2.33. The van der Waals surface area contributed by atoms with Gasteiger partial charge in [-0.3, -0.25) is 0 Å². The summed E-state index contributed by atoms with van der Waals surface area (Å²) in [6, 6.07) is 12.1. The largest absolute Gasteiger partial charge is 0.339 e. The van der Waals surface area contributed by atoms with Gasteiger partial charge >= 0.3 is 0 Å². The molecule has 3 rings (SSSR count). The van der Waals surface area contributed by atoms with Gasteiger partial charge in [0.2, 0.25) is 9.84 Å². The molecule has 0 N–H and O–H groups in total. The lowest BCUT2D eigenvalue weighted by atomic mass is 10.2. The van der Waals surface area contributed by atoms with Crippen LogP contribution in [-0.4, -0.2) is 40.5 Å². The van der Waals surface area contributed by atoms with E-state index in [9.17, 15) is 8.42 Å². The quantitative estimate of drug-likeness (QED) is 0.795. The highest BCUT2D eigenvalue weighted by Crippen LogP contribution is 2.44. The van der Waals surface area contributed by atoms with Gasteiger partial charge in [-0.05, 0) is 57.4 Å². The molecule has 2 aromatic carbocycles. The first kappa shape index (κ1) is 19.1. The Hall–Kier alpha value is -1.27. The summed E-state index contributed by atoms with van der Waals surface area (Å²) in [5.74, 6) is 0. The molecule has 7 heteroatoms. The van der Waals surface area contributed by atoms with Gasteiger partial charge in [-0.15, -0.1) is 12.4 Å². The molecule has 0 unspecified atom stereocenters. The maximum Gasteiger partial charge on any atom is 0.210 e. The van der Waals surface area contributed by atoms with E-state index in [0.717, 1.165) is 25.2 Å². The van der Waals surface area contributed by atoms with Crippen LogP contribution >= 0.6 is 24.0 Å². The average Bonchev–Trinajstić information content (AvgIpc) is 2.50. The summed E-state index contributed by atoms with van der Waals surface area (Å²) in [5, 5.41) is 0.538. The van der Waals surface area contributed by atoms with Gasteiger partial charge in [-0.2, -0.15) is 0 Å². The third kappa shape index (κ3) is 3.40. The average molecular weight is 387 g/mol. The zero-order valence-electron chi connectivity index (χ0n) is 13.6. The fraction of sp³-hybridized carbons (Fsp3) is 0.294. The molecule has 4 nitrogen and oxygen atoms in total. The van der Waals surface area contributed by atoms with Crippen LogP contribution in [0.25, 0.3) is 0 Å². The number of fused-ring (bicyclic) bond motifs is 2. The summed E-state index contributed by atoms with van der Waals surface area (Å²) in [7, 11) is 0.551. The van der Waals surface area contributed by atoms with Gasteiger partial charge in [-0.1, -0.05) is 23.7 Å². The minimum absolute atomic E-state index is 0. The second-order valence-electron chi connectivity index (χ2n) is 5.89. The predicted molar refractivity (Wildman–Crippen MR) is 101 cm³/mol. The third-order valence-corrected chi connectivity index (χ3v) is 6.02. The lowest BCUT2D eigenvalue weighted by Gasteiger charge is -2.33. The van der Waals surface area contributed by atoms with Crippen LogP contribution in [0.3, 0.4) is 0 Å². The van der Waals surface area contributed by atoms with Gasteiger partial charge in [0.25, 0.3) is 0 Å². The van der Waals surface area contributed by atoms with Crippen LogP contribution in [0.2, 0.25) is 5.02 Å². The monoisotopic (exact) mass is 386 g/mol. The molecule has 0 saturated heterocycles. The van der Waals surface area contributed by atoms with Crippen molar-refractivity contribution in [1.29, 1.82) is 0 Å². The van der Waals surface area contributed by atoms with E-state index in [1.54, 1.807) is 30.3 Å². The molecule has 0 aliphatic carbocycles. The Kier molecular flexibility index (Phi) is 5.81. The van der Waals surface area contributed by atoms with Crippen molar-refractivity contribution in [3.63, 3.8) is 0 Å². The van der Waals surface area contributed by atoms with Gasteiger partial charge < -0.3 is 9.80 Å². The molecule has 1 aliphatic rings. The molecule has 0 fully saturated rings. The Morgan fingerprint density at radius 3 is 2.42 bits per heavy atom. The van der Waals surface area contributed by atoms with E-state index in [4.69, 9.17) is 11.6 Å². The van der Waals surface area contributed by atoms with Gasteiger partial charge in [0, 0.05) is 11.6 Å². The molecule has 0 bridgehead atoms. The molecule has 0 radical (unpaired) electrons. The molecular weight excluding hydrogens is 367 g/mol. The summed E-state index contributed by atoms with van der Waals surface area (Å²) in [6.45, 7) is 1.67. The van der Waals surface area contributed by atoms with Crippen molar-refractivity contribution in [3.8, 4) is 0 Å². The minimum Gasteiger partial charge on any atom is -0.339 e. The van der Waals surface area contributed by atoms with E-state index in [-0.39, 0.29) is 12.4 Å². The number of rotatable bonds is 4. The Morgan fingerprint density at radius 1 is 1.04 bits per heavy atom. The molecule has 24 heavy (non-hydrogen) atoms. The molecule has 0 atom stereocenters. The van der Waals surface area contributed by atoms with Gasteiger partial charge in [-0.25, -0.2) is 8.42 Å². The Bertz CT molecular complexity index is 838. The van der Waals surface area contributed by atoms with Gasteiger partial charge in [0.1, 0.15) is 0 Å². The number of hydrogen-bond donors (Lipinski definition) is 0. The molecule has 1 aliphatic heterocycles. The number of sulfone groups is 1. The predicted octanol–water partition coefficient (Wildman–Crippen LogP) is 4.00. The van der Waals surface area contributed by atoms with Crippen LogP contribution in [0.5, 0.6) is 0 Å². The van der Waals surface area contributed by atoms with E-state index < -0.39 is 9.84 Å². The molecule has 130 valence electrons. The summed E-state index contributed by atoms with van der Waals surface area (Å²) < 4.78 is 25.7. The summed E-state index contributed by atoms with van der Waals surface area (Å²) in [4.78, 5) is 4.86. The van der Waals surface area contributed by atoms with Crippen LogP contribution in [0.15, 0.2) is 52.3 Å². The number of halogens is 2. The molecule has 0 aromatic heterocycles. The van der Waals surface area contributed by atoms with Crippen LogP contribution in [-0.2, 0) is 9.84 Å². The first-order chi connectivity index (χ1) is 10.9. The lowest BCUT2D eigenvalue weighted by molar-refractivity contribution is 0.402. The first-order valence-corrected chi connectivity index (χ1v) is 9.33. The van der Waals surface area contributed by atoms with Crippen molar-refractivity contribution in [2.24, 2.45) is 0 Å². The smallest absolute Gasteiger partial charge is 0.210 e. The fourth-order valence-corrected chi connectivity index (χ4v) is 4.68. The van der Waals surface area contributed by atoms with E-state index >= 15 is 0 Å². The molecule has 2 aromatic rings. The highest BCUT2D eigenvalue weighted by molar-refractivity contribution is 7.92. The van der Waals surface area contributed by atoms with E-state index in [0.29, 0.717) is 20.5 Å². The lowest BCUT2D eigenvalue weighted by Crippen LogP contribution is -2.28. The van der Waals surface area contributed by atoms with Gasteiger partial charge in [0.05, 0.1) is 21.2 Å². The second-order valence-corrected chi connectivity index (χ2v) is 8.21. The number of nitrogens with zero attached hydrogens (tertiary/aromatic N) is 2. The zero-order chi connectivity index (χ0) is 16.6. The van der Waals surface area contributed by atoms with Crippen LogP contribution < -0.4 is 4.90 Å². The van der Waals surface area contributed by atoms with Crippen molar-refractivity contribution in [1.82, 2.24) is 4.90 Å². The Morgan fingerprint density at radius 2 is 1.71 bits per heavy atom. The molecule has 0 saturated carbocycles. The highest BCUT2D eigenvalue weighted by atomic mass is 35.5. The SMILES string of the molecule is CN(C)CCCN1c2ccccc2S(=O)(=O)c2ccc(Cl)cc21.Cl. The van der Waals surface area contributed by atoms with Crippen LogP contribution in [0.1, 0.15) is 6.42 Å². The zero-order valence-corrected chi connectivity index (χ0v) is 16.0. The summed E-state index contributed by atoms with van der Waals surface area (Å²) >= 11 is 6.12. The van der Waals surface area contributed by atoms with Crippen molar-refractivity contribution in [3.05, 3.63) is 47.5 Å². The van der Waals surface area contributed by atoms with Crippen molar-refractivity contribution in [2.45, 2.75) is 16.2 Å². The summed E-state index contributed by atoms with van der Waals surface area (Å²) in [5.41, 5.74) is 1.39. The minimum atomic E-state index is -3.50. The maximum absolute atomic E-state index is 12.9. The molecule has 1 heterocycles. The summed E-state index contributed by atoms with van der Waals surface area (Å²) in [6.07, 6.45) is 0.924. The van der Waals surface area contributed by atoms with E-state index in [1.807, 2.05) is 26.2 Å². The third-order valence-electron chi connectivity index (χ3n) is 3.93. The second kappa shape index (κ2) is 7.31.